The second kappa shape index (κ2) is 10.6. The van der Waals surface area contributed by atoms with Crippen molar-refractivity contribution in [1.29, 1.82) is 0 Å². The van der Waals surface area contributed by atoms with E-state index >= 15 is 0 Å². The van der Waals surface area contributed by atoms with E-state index < -0.39 is 0 Å². The van der Waals surface area contributed by atoms with Gasteiger partial charge >= 0.3 is 6.03 Å². The molecule has 1 aromatic rings. The van der Waals surface area contributed by atoms with E-state index in [4.69, 9.17) is 0 Å². The third kappa shape index (κ3) is 6.59. The van der Waals surface area contributed by atoms with E-state index in [1.165, 1.54) is 5.57 Å². The van der Waals surface area contributed by atoms with E-state index in [0.29, 0.717) is 13.1 Å². The average molecular weight is 413 g/mol. The molecule has 1 unspecified atom stereocenters. The maximum Gasteiger partial charge on any atom is 0.321 e. The summed E-state index contributed by atoms with van der Waals surface area (Å²) in [6.45, 7) is 10.5. The first-order chi connectivity index (χ1) is 14.4. The van der Waals surface area contributed by atoms with E-state index in [1.54, 1.807) is 4.90 Å². The number of benzene rings is 1. The Morgan fingerprint density at radius 1 is 1.13 bits per heavy atom. The summed E-state index contributed by atoms with van der Waals surface area (Å²) in [5.74, 6) is -0.0171. The number of hydrogen-bond acceptors (Lipinski definition) is 3. The van der Waals surface area contributed by atoms with Crippen LogP contribution in [0, 0.1) is 12.8 Å². The molecular formula is C24H36N4O2. The van der Waals surface area contributed by atoms with Crippen LogP contribution < -0.4 is 10.6 Å². The number of nitrogens with one attached hydrogen (secondary N) is 2. The summed E-state index contributed by atoms with van der Waals surface area (Å²) >= 11 is 0. The summed E-state index contributed by atoms with van der Waals surface area (Å²) in [6, 6.07) is 7.91. The fourth-order valence-electron chi connectivity index (χ4n) is 4.19. The number of likely N-dealkylation sites (tertiary alicyclic amines) is 2. The van der Waals surface area contributed by atoms with Gasteiger partial charge in [0.2, 0.25) is 5.91 Å². The number of hydrogen-bond donors (Lipinski definition) is 2. The van der Waals surface area contributed by atoms with E-state index in [2.05, 4.69) is 35.5 Å². The van der Waals surface area contributed by atoms with Crippen LogP contribution in [0.1, 0.15) is 45.1 Å². The van der Waals surface area contributed by atoms with Gasteiger partial charge in [0.05, 0.1) is 5.92 Å². The summed E-state index contributed by atoms with van der Waals surface area (Å²) in [5, 5.41) is 6.21. The number of piperidine rings is 2. The van der Waals surface area contributed by atoms with Crippen LogP contribution in [0.2, 0.25) is 0 Å². The number of nitrogens with zero attached hydrogens (tertiary/aromatic N) is 2. The molecular weight excluding hydrogens is 376 g/mol. The van der Waals surface area contributed by atoms with Gasteiger partial charge in [-0.2, -0.15) is 0 Å². The third-order valence-corrected chi connectivity index (χ3v) is 6.04. The molecule has 2 heterocycles. The van der Waals surface area contributed by atoms with Crippen LogP contribution in [-0.2, 0) is 4.79 Å². The quantitative estimate of drug-likeness (QED) is 0.724. The molecule has 0 bridgehead atoms. The first-order valence-electron chi connectivity index (χ1n) is 11.2. The predicted octanol–water partition coefficient (Wildman–Crippen LogP) is 3.79. The molecule has 6 nitrogen and oxygen atoms in total. The highest BCUT2D eigenvalue weighted by Gasteiger charge is 2.30. The molecule has 1 atom stereocenters. The van der Waals surface area contributed by atoms with E-state index in [9.17, 15) is 9.59 Å². The highest BCUT2D eigenvalue weighted by molar-refractivity contribution is 5.90. The minimum absolute atomic E-state index is 0.103. The van der Waals surface area contributed by atoms with E-state index in [-0.39, 0.29) is 23.9 Å². The van der Waals surface area contributed by atoms with Crippen LogP contribution >= 0.6 is 0 Å². The lowest BCUT2D eigenvalue weighted by Gasteiger charge is -2.35. The lowest BCUT2D eigenvalue weighted by molar-refractivity contribution is -0.127. The van der Waals surface area contributed by atoms with Gasteiger partial charge in [-0.3, -0.25) is 9.69 Å². The summed E-state index contributed by atoms with van der Waals surface area (Å²) < 4.78 is 0. The van der Waals surface area contributed by atoms with Gasteiger partial charge in [-0.25, -0.2) is 4.79 Å². The van der Waals surface area contributed by atoms with Gasteiger partial charge in [0.15, 0.2) is 0 Å². The molecule has 3 rings (SSSR count). The van der Waals surface area contributed by atoms with Crippen molar-refractivity contribution in [3.8, 4) is 0 Å². The Balaban J connectivity index is 1.45. The maximum atomic E-state index is 12.8. The molecule has 3 amide bonds. The molecule has 0 saturated carbocycles. The molecule has 0 aromatic heterocycles. The van der Waals surface area contributed by atoms with Gasteiger partial charge in [0.1, 0.15) is 0 Å². The van der Waals surface area contributed by atoms with Crippen LogP contribution in [0.4, 0.5) is 10.5 Å². The van der Waals surface area contributed by atoms with Gasteiger partial charge in [0, 0.05) is 44.5 Å². The fraction of sp³-hybridized carbons (Fsp3) is 0.583. The minimum Gasteiger partial charge on any atom is -0.353 e. The van der Waals surface area contributed by atoms with E-state index in [1.807, 2.05) is 31.2 Å². The first kappa shape index (κ1) is 22.3. The van der Waals surface area contributed by atoms with Crippen LogP contribution in [0.15, 0.2) is 35.9 Å². The molecule has 164 valence electrons. The van der Waals surface area contributed by atoms with E-state index in [0.717, 1.165) is 56.6 Å². The fourth-order valence-corrected chi connectivity index (χ4v) is 4.19. The van der Waals surface area contributed by atoms with Gasteiger partial charge in [-0.05, 0) is 64.2 Å². The zero-order valence-electron chi connectivity index (χ0n) is 18.6. The number of aryl methyl sites for hydroxylation is 1. The average Bonchev–Trinajstić information content (AvgIpc) is 2.73. The number of amides is 3. The molecule has 0 aliphatic carbocycles. The Labute approximate surface area is 180 Å². The molecule has 30 heavy (non-hydrogen) atoms. The number of urea groups is 1. The molecule has 0 radical (unpaired) electrons. The van der Waals surface area contributed by atoms with Crippen LogP contribution in [0.25, 0.3) is 0 Å². The van der Waals surface area contributed by atoms with Crippen molar-refractivity contribution in [3.05, 3.63) is 41.5 Å². The summed E-state index contributed by atoms with van der Waals surface area (Å²) in [4.78, 5) is 29.7. The minimum atomic E-state index is -0.120. The second-order valence-electron chi connectivity index (χ2n) is 8.95. The van der Waals surface area contributed by atoms with Gasteiger partial charge < -0.3 is 15.5 Å². The van der Waals surface area contributed by atoms with Gasteiger partial charge in [0.25, 0.3) is 0 Å². The molecule has 0 spiro atoms. The summed E-state index contributed by atoms with van der Waals surface area (Å²) in [6.07, 6.45) is 5.95. The zero-order chi connectivity index (χ0) is 21.5. The topological polar surface area (TPSA) is 64.7 Å². The molecule has 2 N–H and O–H groups in total. The Bertz CT molecular complexity index is 764. The molecule has 2 aliphatic rings. The largest absolute Gasteiger partial charge is 0.353 e. The third-order valence-electron chi connectivity index (χ3n) is 6.04. The summed E-state index contributed by atoms with van der Waals surface area (Å²) in [7, 11) is 0. The number of allylic oxidation sites excluding steroid dienone is 1. The van der Waals surface area contributed by atoms with Gasteiger partial charge in [-0.15, -0.1) is 0 Å². The zero-order valence-corrected chi connectivity index (χ0v) is 18.6. The lowest BCUT2D eigenvalue weighted by Crippen LogP contribution is -2.50. The second-order valence-corrected chi connectivity index (χ2v) is 8.95. The number of carbonyl (C=O) groups is 2. The van der Waals surface area contributed by atoms with Crippen molar-refractivity contribution in [2.45, 2.75) is 52.5 Å². The van der Waals surface area contributed by atoms with Crippen molar-refractivity contribution in [2.75, 3.05) is 38.0 Å². The number of anilines is 1. The Morgan fingerprint density at radius 3 is 2.60 bits per heavy atom. The Kier molecular flexibility index (Phi) is 7.91. The van der Waals surface area contributed by atoms with Crippen LogP contribution in [0.3, 0.4) is 0 Å². The van der Waals surface area contributed by atoms with Crippen LogP contribution in [0.5, 0.6) is 0 Å². The van der Waals surface area contributed by atoms with Crippen molar-refractivity contribution in [1.82, 2.24) is 15.1 Å². The normalized spacial score (nSPS) is 20.5. The molecule has 2 saturated heterocycles. The first-order valence-corrected chi connectivity index (χ1v) is 11.2. The molecule has 6 heteroatoms. The van der Waals surface area contributed by atoms with Crippen LogP contribution in [-0.4, -0.2) is 60.5 Å². The summed E-state index contributed by atoms with van der Waals surface area (Å²) in [5.41, 5.74) is 3.25. The number of carbonyl (C=O) groups excluding carboxylic acids is 2. The Hall–Kier alpha value is -2.34. The monoisotopic (exact) mass is 412 g/mol. The standard InChI is InChI=1S/C24H36N4O2/c1-18(2)9-13-27-14-10-21(11-15-27)25-23(29)20-7-5-12-28(17-20)24(30)26-22-8-4-6-19(3)16-22/h4,6,8-9,16,20-21H,5,7,10-15,17H2,1-3H3,(H,25,29)(H,26,30). The van der Waals surface area contributed by atoms with Crippen molar-refractivity contribution in [3.63, 3.8) is 0 Å². The SMILES string of the molecule is CC(C)=CCN1CCC(NC(=O)C2CCCN(C(=O)Nc3cccc(C)c3)C2)CC1. The highest BCUT2D eigenvalue weighted by Crippen LogP contribution is 2.20. The van der Waals surface area contributed by atoms with Gasteiger partial charge in [-0.1, -0.05) is 23.8 Å². The predicted molar refractivity (Wildman–Crippen MR) is 122 cm³/mol. The number of rotatable bonds is 5. The van der Waals surface area contributed by atoms with Crippen molar-refractivity contribution in [2.24, 2.45) is 5.92 Å². The molecule has 2 fully saturated rings. The maximum absolute atomic E-state index is 12.8. The lowest BCUT2D eigenvalue weighted by atomic mass is 9.96. The Morgan fingerprint density at radius 2 is 1.90 bits per heavy atom. The molecule has 2 aliphatic heterocycles. The molecule has 1 aromatic carbocycles. The van der Waals surface area contributed by atoms with Crippen molar-refractivity contribution < 1.29 is 9.59 Å². The van der Waals surface area contributed by atoms with Crippen molar-refractivity contribution >= 4 is 17.6 Å². The highest BCUT2D eigenvalue weighted by atomic mass is 16.2. The smallest absolute Gasteiger partial charge is 0.321 e.